The van der Waals surface area contributed by atoms with E-state index in [9.17, 15) is 14.7 Å². The molecule has 0 radical (unpaired) electrons. The second kappa shape index (κ2) is 8.70. The lowest BCUT2D eigenvalue weighted by atomic mass is 10.1. The van der Waals surface area contributed by atoms with Gasteiger partial charge in [0.15, 0.2) is 11.5 Å². The van der Waals surface area contributed by atoms with E-state index in [0.29, 0.717) is 23.8 Å². The van der Waals surface area contributed by atoms with Crippen molar-refractivity contribution >= 4 is 17.5 Å². The highest BCUT2D eigenvalue weighted by atomic mass is 16.7. The van der Waals surface area contributed by atoms with Gasteiger partial charge >= 0.3 is 0 Å². The fourth-order valence-corrected chi connectivity index (χ4v) is 4.44. The van der Waals surface area contributed by atoms with Crippen molar-refractivity contribution in [1.29, 1.82) is 0 Å². The maximum Gasteiger partial charge on any atom is 0.231 e. The average molecular weight is 438 g/mol. The molecule has 5 rings (SSSR count). The number of aryl methyl sites for hydroxylation is 2. The molecule has 0 saturated carbocycles. The van der Waals surface area contributed by atoms with Gasteiger partial charge < -0.3 is 29.5 Å². The molecule has 1 aliphatic carbocycles. The SMILES string of the molecule is O=C(NCC(O)COc1ccc2c(c1)OCO2)C1CC(=O)N(c2ccc3c(c2)CCC3)C1. The van der Waals surface area contributed by atoms with E-state index in [2.05, 4.69) is 17.4 Å². The Morgan fingerprint density at radius 2 is 2.00 bits per heavy atom. The van der Waals surface area contributed by atoms with Gasteiger partial charge in [-0.2, -0.15) is 0 Å². The number of ether oxygens (including phenoxy) is 3. The Bertz CT molecular complexity index is 1040. The number of nitrogens with zero attached hydrogens (tertiary/aromatic N) is 1. The summed E-state index contributed by atoms with van der Waals surface area (Å²) in [6, 6.07) is 11.3. The molecule has 1 saturated heterocycles. The number of nitrogens with one attached hydrogen (secondary N) is 1. The van der Waals surface area contributed by atoms with Crippen molar-refractivity contribution in [3.63, 3.8) is 0 Å². The third-order valence-corrected chi connectivity index (χ3v) is 6.19. The summed E-state index contributed by atoms with van der Waals surface area (Å²) in [5.74, 6) is 1.09. The Hall–Kier alpha value is -3.26. The molecule has 8 heteroatoms. The van der Waals surface area contributed by atoms with Crippen LogP contribution in [-0.2, 0) is 22.4 Å². The fourth-order valence-electron chi connectivity index (χ4n) is 4.44. The van der Waals surface area contributed by atoms with E-state index in [0.717, 1.165) is 24.9 Å². The molecule has 8 nitrogen and oxygen atoms in total. The first kappa shape index (κ1) is 20.6. The van der Waals surface area contributed by atoms with Crippen molar-refractivity contribution in [3.05, 3.63) is 47.5 Å². The Kier molecular flexibility index (Phi) is 5.61. The number of benzene rings is 2. The molecule has 0 aromatic heterocycles. The third kappa shape index (κ3) is 4.23. The van der Waals surface area contributed by atoms with Gasteiger partial charge in [-0.25, -0.2) is 0 Å². The standard InChI is InChI=1S/C24H26N2O6/c27-19(13-30-20-6-7-21-22(10-20)32-14-31-21)11-25-24(29)17-9-23(28)26(12-17)18-5-4-15-2-1-3-16(15)8-18/h4-8,10,17,19,27H,1-3,9,11-14H2,(H,25,29). The first-order valence-corrected chi connectivity index (χ1v) is 11.0. The summed E-state index contributed by atoms with van der Waals surface area (Å²) in [4.78, 5) is 26.8. The predicted molar refractivity (Wildman–Crippen MR) is 116 cm³/mol. The second-order valence-electron chi connectivity index (χ2n) is 8.44. The van der Waals surface area contributed by atoms with Crippen LogP contribution in [0.5, 0.6) is 17.2 Å². The number of carbonyl (C=O) groups excluding carboxylic acids is 2. The molecule has 168 valence electrons. The summed E-state index contributed by atoms with van der Waals surface area (Å²) in [6.07, 6.45) is 2.58. The molecule has 32 heavy (non-hydrogen) atoms. The highest BCUT2D eigenvalue weighted by Gasteiger charge is 2.35. The number of aliphatic hydroxyl groups is 1. The van der Waals surface area contributed by atoms with Gasteiger partial charge in [-0.1, -0.05) is 6.07 Å². The maximum atomic E-state index is 12.6. The summed E-state index contributed by atoms with van der Waals surface area (Å²) >= 11 is 0. The lowest BCUT2D eigenvalue weighted by molar-refractivity contribution is -0.126. The minimum absolute atomic E-state index is 0.0186. The lowest BCUT2D eigenvalue weighted by Gasteiger charge is -2.18. The zero-order chi connectivity index (χ0) is 22.1. The summed E-state index contributed by atoms with van der Waals surface area (Å²) < 4.78 is 16.1. The Labute approximate surface area is 186 Å². The van der Waals surface area contributed by atoms with Crippen LogP contribution in [0.2, 0.25) is 0 Å². The number of aliphatic hydroxyl groups excluding tert-OH is 1. The summed E-state index contributed by atoms with van der Waals surface area (Å²) in [6.45, 7) is 0.603. The number of amides is 2. The largest absolute Gasteiger partial charge is 0.491 e. The average Bonchev–Trinajstić information content (AvgIpc) is 3.54. The van der Waals surface area contributed by atoms with Crippen molar-refractivity contribution in [3.8, 4) is 17.2 Å². The highest BCUT2D eigenvalue weighted by molar-refractivity contribution is 6.00. The van der Waals surface area contributed by atoms with E-state index >= 15 is 0 Å². The van der Waals surface area contributed by atoms with Crippen LogP contribution in [0, 0.1) is 5.92 Å². The number of rotatable bonds is 7. The van der Waals surface area contributed by atoms with Crippen LogP contribution in [0.15, 0.2) is 36.4 Å². The van der Waals surface area contributed by atoms with Crippen LogP contribution < -0.4 is 24.4 Å². The van der Waals surface area contributed by atoms with Gasteiger partial charge in [0, 0.05) is 31.3 Å². The molecule has 2 aromatic carbocycles. The first-order chi connectivity index (χ1) is 15.6. The summed E-state index contributed by atoms with van der Waals surface area (Å²) in [5.41, 5.74) is 3.52. The maximum absolute atomic E-state index is 12.6. The van der Waals surface area contributed by atoms with Crippen LogP contribution in [0.4, 0.5) is 5.69 Å². The molecule has 0 spiro atoms. The lowest BCUT2D eigenvalue weighted by Crippen LogP contribution is -2.39. The van der Waals surface area contributed by atoms with Crippen LogP contribution >= 0.6 is 0 Å². The highest BCUT2D eigenvalue weighted by Crippen LogP contribution is 2.35. The van der Waals surface area contributed by atoms with Crippen LogP contribution in [0.1, 0.15) is 24.0 Å². The molecule has 2 atom stereocenters. The number of hydrogen-bond donors (Lipinski definition) is 2. The van der Waals surface area contributed by atoms with E-state index < -0.39 is 12.0 Å². The van der Waals surface area contributed by atoms with E-state index in [-0.39, 0.29) is 38.2 Å². The van der Waals surface area contributed by atoms with E-state index in [1.165, 1.54) is 11.1 Å². The van der Waals surface area contributed by atoms with Gasteiger partial charge in [0.25, 0.3) is 0 Å². The van der Waals surface area contributed by atoms with E-state index in [4.69, 9.17) is 14.2 Å². The van der Waals surface area contributed by atoms with Crippen LogP contribution in [-0.4, -0.2) is 49.5 Å². The molecule has 3 aliphatic rings. The molecular weight excluding hydrogens is 412 g/mol. The molecule has 2 unspecified atom stereocenters. The predicted octanol–water partition coefficient (Wildman–Crippen LogP) is 1.81. The molecule has 2 aliphatic heterocycles. The van der Waals surface area contributed by atoms with Gasteiger partial charge in [0.05, 0.1) is 5.92 Å². The van der Waals surface area contributed by atoms with Gasteiger partial charge in [-0.15, -0.1) is 0 Å². The van der Waals surface area contributed by atoms with Gasteiger partial charge in [0.2, 0.25) is 18.6 Å². The number of fused-ring (bicyclic) bond motifs is 2. The minimum atomic E-state index is -0.880. The third-order valence-electron chi connectivity index (χ3n) is 6.19. The van der Waals surface area contributed by atoms with Crippen molar-refractivity contribution in [2.24, 2.45) is 5.92 Å². The zero-order valence-electron chi connectivity index (χ0n) is 17.7. The van der Waals surface area contributed by atoms with Crippen LogP contribution in [0.3, 0.4) is 0 Å². The minimum Gasteiger partial charge on any atom is -0.491 e. The summed E-state index contributed by atoms with van der Waals surface area (Å²) in [5, 5.41) is 12.9. The molecule has 2 aromatic rings. The van der Waals surface area contributed by atoms with Crippen molar-refractivity contribution < 1.29 is 28.9 Å². The molecule has 1 fully saturated rings. The smallest absolute Gasteiger partial charge is 0.231 e. The number of anilines is 1. The molecule has 2 N–H and O–H groups in total. The quantitative estimate of drug-likeness (QED) is 0.685. The molecule has 2 amide bonds. The number of hydrogen-bond acceptors (Lipinski definition) is 6. The van der Waals surface area contributed by atoms with Gasteiger partial charge in [-0.3, -0.25) is 9.59 Å². The molecule has 2 heterocycles. The Morgan fingerprint density at radius 3 is 2.91 bits per heavy atom. The Balaban J connectivity index is 1.10. The molecule has 0 bridgehead atoms. The van der Waals surface area contributed by atoms with Crippen molar-refractivity contribution in [2.75, 3.05) is 31.4 Å². The fraction of sp³-hybridized carbons (Fsp3) is 0.417. The summed E-state index contributed by atoms with van der Waals surface area (Å²) in [7, 11) is 0. The zero-order valence-corrected chi connectivity index (χ0v) is 17.7. The van der Waals surface area contributed by atoms with Gasteiger partial charge in [-0.05, 0) is 54.7 Å². The van der Waals surface area contributed by atoms with Crippen molar-refractivity contribution in [1.82, 2.24) is 5.32 Å². The monoisotopic (exact) mass is 438 g/mol. The normalized spacial score (nSPS) is 19.7. The van der Waals surface area contributed by atoms with Crippen LogP contribution in [0.25, 0.3) is 0 Å². The van der Waals surface area contributed by atoms with Gasteiger partial charge in [0.1, 0.15) is 18.5 Å². The topological polar surface area (TPSA) is 97.3 Å². The molecular formula is C24H26N2O6. The Morgan fingerprint density at radius 1 is 1.16 bits per heavy atom. The van der Waals surface area contributed by atoms with E-state index in [1.807, 2.05) is 6.07 Å². The number of carbonyl (C=O) groups is 2. The van der Waals surface area contributed by atoms with E-state index in [1.54, 1.807) is 23.1 Å². The van der Waals surface area contributed by atoms with Crippen molar-refractivity contribution in [2.45, 2.75) is 31.8 Å². The first-order valence-electron chi connectivity index (χ1n) is 11.0. The second-order valence-corrected chi connectivity index (χ2v) is 8.44.